The van der Waals surface area contributed by atoms with E-state index < -0.39 is 13.9 Å². The summed E-state index contributed by atoms with van der Waals surface area (Å²) in [6.07, 6.45) is 22.5. The molecular formula is C27H55O7P. The van der Waals surface area contributed by atoms with Gasteiger partial charge in [-0.2, -0.15) is 0 Å². The van der Waals surface area contributed by atoms with Crippen LogP contribution in [0.3, 0.4) is 0 Å². The van der Waals surface area contributed by atoms with E-state index in [1.165, 1.54) is 83.5 Å². The third-order valence-electron chi connectivity index (χ3n) is 6.19. The van der Waals surface area contributed by atoms with Crippen LogP contribution in [0.5, 0.6) is 0 Å². The van der Waals surface area contributed by atoms with Crippen LogP contribution in [0.4, 0.5) is 0 Å². The van der Waals surface area contributed by atoms with Crippen LogP contribution in [0.2, 0.25) is 0 Å². The molecule has 0 fully saturated rings. The molecule has 0 unspecified atom stereocenters. The quantitative estimate of drug-likeness (QED) is 0.0643. The van der Waals surface area contributed by atoms with Gasteiger partial charge in [0.25, 0.3) is 0 Å². The van der Waals surface area contributed by atoms with Gasteiger partial charge in [0.2, 0.25) is 0 Å². The Morgan fingerprint density at radius 2 is 1.09 bits per heavy atom. The number of ether oxygens (including phenoxy) is 2. The Kier molecular flexibility index (Phi) is 24.9. The molecule has 0 aliphatic rings. The van der Waals surface area contributed by atoms with Gasteiger partial charge in [0.15, 0.2) is 0 Å². The number of rotatable bonds is 27. The van der Waals surface area contributed by atoms with Gasteiger partial charge < -0.3 is 19.3 Å². The minimum absolute atomic E-state index is 0.0476. The van der Waals surface area contributed by atoms with Crippen LogP contribution in [-0.2, 0) is 23.4 Å². The first-order chi connectivity index (χ1) is 16.9. The van der Waals surface area contributed by atoms with E-state index in [1.54, 1.807) is 0 Å². The van der Waals surface area contributed by atoms with Crippen molar-refractivity contribution in [1.29, 1.82) is 0 Å². The molecular weight excluding hydrogens is 467 g/mol. The molecule has 1 atom stereocenters. The number of esters is 1. The summed E-state index contributed by atoms with van der Waals surface area (Å²) in [7, 11) is -4.59. The molecule has 35 heavy (non-hydrogen) atoms. The van der Waals surface area contributed by atoms with Crippen molar-refractivity contribution in [3.63, 3.8) is 0 Å². The molecule has 8 heteroatoms. The van der Waals surface area contributed by atoms with Crippen molar-refractivity contribution in [2.75, 3.05) is 19.8 Å². The zero-order valence-electron chi connectivity index (χ0n) is 22.7. The van der Waals surface area contributed by atoms with Crippen LogP contribution in [0, 0.1) is 0 Å². The van der Waals surface area contributed by atoms with E-state index in [-0.39, 0.29) is 19.2 Å². The highest BCUT2D eigenvalue weighted by atomic mass is 31.2. The second-order valence-electron chi connectivity index (χ2n) is 9.72. The van der Waals surface area contributed by atoms with Gasteiger partial charge in [-0.3, -0.25) is 9.32 Å². The van der Waals surface area contributed by atoms with Gasteiger partial charge in [-0.25, -0.2) is 4.57 Å². The largest absolute Gasteiger partial charge is 0.469 e. The lowest BCUT2D eigenvalue weighted by Gasteiger charge is -2.18. The lowest BCUT2D eigenvalue weighted by atomic mass is 10.1. The van der Waals surface area contributed by atoms with Gasteiger partial charge in [0.1, 0.15) is 12.7 Å². The van der Waals surface area contributed by atoms with Crippen molar-refractivity contribution < 1.29 is 33.1 Å². The fraction of sp³-hybridized carbons (Fsp3) is 0.963. The van der Waals surface area contributed by atoms with Crippen LogP contribution < -0.4 is 0 Å². The van der Waals surface area contributed by atoms with Crippen LogP contribution in [0.15, 0.2) is 0 Å². The Morgan fingerprint density at radius 1 is 0.657 bits per heavy atom. The molecule has 0 saturated heterocycles. The van der Waals surface area contributed by atoms with Crippen molar-refractivity contribution >= 4 is 13.8 Å². The first-order valence-corrected chi connectivity index (χ1v) is 15.9. The maximum Gasteiger partial charge on any atom is 0.469 e. The van der Waals surface area contributed by atoms with Crippen LogP contribution in [0.1, 0.15) is 142 Å². The number of hydrogen-bond donors (Lipinski definition) is 2. The Hall–Kier alpha value is -0.460. The predicted molar refractivity (Wildman–Crippen MR) is 142 cm³/mol. The summed E-state index contributed by atoms with van der Waals surface area (Å²) in [5.74, 6) is -0.295. The molecule has 0 aromatic heterocycles. The maximum absolute atomic E-state index is 12.0. The summed E-state index contributed by atoms with van der Waals surface area (Å²) < 4.78 is 26.6. The minimum Gasteiger partial charge on any atom is -0.463 e. The number of carbonyl (C=O) groups excluding carboxylic acids is 1. The van der Waals surface area contributed by atoms with E-state index in [2.05, 4.69) is 18.4 Å². The summed E-state index contributed by atoms with van der Waals surface area (Å²) >= 11 is 0. The fourth-order valence-electron chi connectivity index (χ4n) is 4.00. The topological polar surface area (TPSA) is 102 Å². The minimum atomic E-state index is -4.59. The Morgan fingerprint density at radius 3 is 1.54 bits per heavy atom. The van der Waals surface area contributed by atoms with E-state index >= 15 is 0 Å². The van der Waals surface area contributed by atoms with E-state index in [1.807, 2.05) is 0 Å². The lowest BCUT2D eigenvalue weighted by Crippen LogP contribution is -2.27. The monoisotopic (exact) mass is 522 g/mol. The molecule has 0 spiro atoms. The Labute approximate surface area is 215 Å². The number of hydrogen-bond acceptors (Lipinski definition) is 5. The highest BCUT2D eigenvalue weighted by Gasteiger charge is 2.20. The van der Waals surface area contributed by atoms with E-state index in [9.17, 15) is 9.36 Å². The zero-order valence-corrected chi connectivity index (χ0v) is 23.6. The smallest absolute Gasteiger partial charge is 0.463 e. The normalized spacial score (nSPS) is 12.7. The highest BCUT2D eigenvalue weighted by Crippen LogP contribution is 2.35. The number of carbonyl (C=O) groups is 1. The fourth-order valence-corrected chi connectivity index (χ4v) is 4.36. The first kappa shape index (κ1) is 34.5. The summed E-state index contributed by atoms with van der Waals surface area (Å²) in [6, 6.07) is 0. The molecule has 2 N–H and O–H groups in total. The standard InChI is InChI=1S/C27H55O7P/c1-3-5-7-9-11-13-15-17-19-21-23-32-26(25-34-35(29,30)31)24-33-27(28)22-20-18-16-14-12-10-8-6-4-2/h26H,3-25H2,1-2H3,(H2,29,30,31)/t26-/m1/s1. The average molecular weight is 523 g/mol. The molecule has 0 aliphatic carbocycles. The predicted octanol–water partition coefficient (Wildman–Crippen LogP) is 7.87. The number of unbranched alkanes of at least 4 members (excludes halogenated alkanes) is 17. The van der Waals surface area contributed by atoms with Gasteiger partial charge in [-0.1, -0.05) is 123 Å². The van der Waals surface area contributed by atoms with Gasteiger partial charge in [-0.05, 0) is 12.8 Å². The van der Waals surface area contributed by atoms with Gasteiger partial charge >= 0.3 is 13.8 Å². The molecule has 0 amide bonds. The van der Waals surface area contributed by atoms with Gasteiger partial charge in [0.05, 0.1) is 6.61 Å². The van der Waals surface area contributed by atoms with Crippen molar-refractivity contribution in [3.8, 4) is 0 Å². The Balaban J connectivity index is 3.91. The lowest BCUT2D eigenvalue weighted by molar-refractivity contribution is -0.149. The zero-order chi connectivity index (χ0) is 26.0. The van der Waals surface area contributed by atoms with Crippen molar-refractivity contribution in [3.05, 3.63) is 0 Å². The third-order valence-corrected chi connectivity index (χ3v) is 6.68. The first-order valence-electron chi connectivity index (χ1n) is 14.4. The molecule has 0 aromatic rings. The second-order valence-corrected chi connectivity index (χ2v) is 11.0. The van der Waals surface area contributed by atoms with E-state index in [0.29, 0.717) is 13.0 Å². The number of phosphoric ester groups is 1. The maximum atomic E-state index is 12.0. The van der Waals surface area contributed by atoms with Crippen LogP contribution in [0.25, 0.3) is 0 Å². The molecule has 0 bridgehead atoms. The average Bonchev–Trinajstić information content (AvgIpc) is 2.82. The second kappa shape index (κ2) is 25.2. The molecule has 0 rings (SSSR count). The van der Waals surface area contributed by atoms with Crippen molar-refractivity contribution in [1.82, 2.24) is 0 Å². The van der Waals surface area contributed by atoms with E-state index in [0.717, 1.165) is 38.5 Å². The molecule has 0 saturated carbocycles. The molecule has 210 valence electrons. The summed E-state index contributed by atoms with van der Waals surface area (Å²) in [4.78, 5) is 30.0. The molecule has 7 nitrogen and oxygen atoms in total. The molecule has 0 aromatic carbocycles. The van der Waals surface area contributed by atoms with Gasteiger partial charge in [-0.15, -0.1) is 0 Å². The van der Waals surface area contributed by atoms with Crippen LogP contribution >= 0.6 is 7.82 Å². The summed E-state index contributed by atoms with van der Waals surface area (Å²) in [5.41, 5.74) is 0. The number of phosphoric acid groups is 1. The summed E-state index contributed by atoms with van der Waals surface area (Å²) in [5, 5.41) is 0. The molecule has 0 aliphatic heterocycles. The summed E-state index contributed by atoms with van der Waals surface area (Å²) in [6.45, 7) is 4.56. The molecule has 0 radical (unpaired) electrons. The SMILES string of the molecule is CCCCCCCCCCCCO[C@H](COC(=O)CCCCCCCCCCC)COP(=O)(O)O. The van der Waals surface area contributed by atoms with Gasteiger partial charge in [0, 0.05) is 13.0 Å². The van der Waals surface area contributed by atoms with Crippen LogP contribution in [-0.4, -0.2) is 41.7 Å². The Bertz CT molecular complexity index is 510. The van der Waals surface area contributed by atoms with Crippen molar-refractivity contribution in [2.45, 2.75) is 148 Å². The van der Waals surface area contributed by atoms with Crippen molar-refractivity contribution in [2.24, 2.45) is 0 Å². The molecule has 0 heterocycles. The third kappa shape index (κ3) is 28.0. The van der Waals surface area contributed by atoms with E-state index in [4.69, 9.17) is 19.3 Å². The highest BCUT2D eigenvalue weighted by molar-refractivity contribution is 7.46.